The molecule has 2 aliphatic rings. The third-order valence-corrected chi connectivity index (χ3v) is 4.12. The second-order valence-corrected chi connectivity index (χ2v) is 5.70. The summed E-state index contributed by atoms with van der Waals surface area (Å²) in [5.74, 6) is 0.876. The van der Waals surface area contributed by atoms with Gasteiger partial charge >= 0.3 is 0 Å². The standard InChI is InChI=1S/C17H23N/c1-2-4-14(3-1)11-12-18-13-15-5-7-16(8-6-15)17-9-10-17/h3,5-8,17-18H,1-2,4,9-13H2. The van der Waals surface area contributed by atoms with E-state index in [2.05, 4.69) is 35.7 Å². The van der Waals surface area contributed by atoms with Crippen LogP contribution in [0.1, 0.15) is 55.6 Å². The van der Waals surface area contributed by atoms with E-state index in [9.17, 15) is 0 Å². The Hall–Kier alpha value is -1.08. The van der Waals surface area contributed by atoms with E-state index in [4.69, 9.17) is 0 Å². The molecule has 0 atom stereocenters. The first kappa shape index (κ1) is 12.0. The van der Waals surface area contributed by atoms with E-state index in [1.54, 1.807) is 5.57 Å². The SMILES string of the molecule is C1=C(CCNCc2ccc(C3CC3)cc2)CCC1. The van der Waals surface area contributed by atoms with Gasteiger partial charge in [-0.3, -0.25) is 0 Å². The molecule has 1 N–H and O–H groups in total. The summed E-state index contributed by atoms with van der Waals surface area (Å²) < 4.78 is 0. The van der Waals surface area contributed by atoms with Crippen LogP contribution in [0.4, 0.5) is 0 Å². The van der Waals surface area contributed by atoms with E-state index >= 15 is 0 Å². The van der Waals surface area contributed by atoms with Crippen molar-refractivity contribution in [1.82, 2.24) is 5.32 Å². The number of benzene rings is 1. The highest BCUT2D eigenvalue weighted by Gasteiger charge is 2.22. The van der Waals surface area contributed by atoms with E-state index in [1.165, 1.54) is 49.7 Å². The van der Waals surface area contributed by atoms with Crippen LogP contribution in [0.15, 0.2) is 35.9 Å². The number of hydrogen-bond acceptors (Lipinski definition) is 1. The third-order valence-electron chi connectivity index (χ3n) is 4.12. The van der Waals surface area contributed by atoms with Crippen LogP contribution in [0.5, 0.6) is 0 Å². The fourth-order valence-corrected chi connectivity index (χ4v) is 2.77. The Morgan fingerprint density at radius 2 is 1.94 bits per heavy atom. The molecule has 0 radical (unpaired) electrons. The summed E-state index contributed by atoms with van der Waals surface area (Å²) in [4.78, 5) is 0. The number of rotatable bonds is 6. The van der Waals surface area contributed by atoms with Gasteiger partial charge in [0.05, 0.1) is 0 Å². The Bertz CT molecular complexity index is 412. The molecular formula is C17H23N. The fourth-order valence-electron chi connectivity index (χ4n) is 2.77. The molecule has 0 amide bonds. The second kappa shape index (κ2) is 5.71. The number of hydrogen-bond donors (Lipinski definition) is 1. The summed E-state index contributed by atoms with van der Waals surface area (Å²) in [6, 6.07) is 9.20. The van der Waals surface area contributed by atoms with Gasteiger partial charge in [-0.1, -0.05) is 35.9 Å². The summed E-state index contributed by atoms with van der Waals surface area (Å²) in [5, 5.41) is 3.55. The van der Waals surface area contributed by atoms with Gasteiger partial charge in [0, 0.05) is 6.54 Å². The third kappa shape index (κ3) is 3.23. The molecule has 2 aliphatic carbocycles. The molecule has 0 aromatic heterocycles. The van der Waals surface area contributed by atoms with Crippen LogP contribution in [-0.2, 0) is 6.54 Å². The average Bonchev–Trinajstić information content (AvgIpc) is 3.13. The lowest BCUT2D eigenvalue weighted by atomic mass is 10.1. The van der Waals surface area contributed by atoms with Gasteiger partial charge in [-0.25, -0.2) is 0 Å². The predicted octanol–water partition coefficient (Wildman–Crippen LogP) is 4.15. The van der Waals surface area contributed by atoms with Crippen LogP contribution in [0.3, 0.4) is 0 Å². The summed E-state index contributed by atoms with van der Waals surface area (Å²) in [6.45, 7) is 2.13. The molecule has 0 spiro atoms. The molecule has 1 aromatic carbocycles. The molecule has 3 rings (SSSR count). The van der Waals surface area contributed by atoms with Crippen molar-refractivity contribution >= 4 is 0 Å². The maximum absolute atomic E-state index is 3.55. The molecule has 1 aromatic rings. The van der Waals surface area contributed by atoms with Crippen LogP contribution in [-0.4, -0.2) is 6.54 Å². The molecular weight excluding hydrogens is 218 g/mol. The van der Waals surface area contributed by atoms with Crippen molar-refractivity contribution in [2.45, 2.75) is 51.0 Å². The summed E-state index contributed by atoms with van der Waals surface area (Å²) in [5.41, 5.74) is 4.61. The first-order chi connectivity index (χ1) is 8.92. The molecule has 1 nitrogen and oxygen atoms in total. The van der Waals surface area contributed by atoms with Crippen molar-refractivity contribution in [3.63, 3.8) is 0 Å². The van der Waals surface area contributed by atoms with Gasteiger partial charge in [0.1, 0.15) is 0 Å². The van der Waals surface area contributed by atoms with E-state index < -0.39 is 0 Å². The molecule has 18 heavy (non-hydrogen) atoms. The number of nitrogens with one attached hydrogen (secondary N) is 1. The quantitative estimate of drug-likeness (QED) is 0.582. The molecule has 0 saturated heterocycles. The summed E-state index contributed by atoms with van der Waals surface area (Å²) >= 11 is 0. The lowest BCUT2D eigenvalue weighted by Gasteiger charge is -2.06. The molecule has 1 heteroatoms. The smallest absolute Gasteiger partial charge is 0.0205 e. The summed E-state index contributed by atoms with van der Waals surface area (Å²) in [7, 11) is 0. The maximum Gasteiger partial charge on any atom is 0.0205 e. The van der Waals surface area contributed by atoms with Crippen molar-refractivity contribution in [2.75, 3.05) is 6.54 Å². The minimum Gasteiger partial charge on any atom is -0.312 e. The fraction of sp³-hybridized carbons (Fsp3) is 0.529. The Labute approximate surface area is 110 Å². The monoisotopic (exact) mass is 241 g/mol. The lowest BCUT2D eigenvalue weighted by Crippen LogP contribution is -2.15. The largest absolute Gasteiger partial charge is 0.312 e. The predicted molar refractivity (Wildman–Crippen MR) is 76.7 cm³/mol. The van der Waals surface area contributed by atoms with E-state index in [0.29, 0.717) is 0 Å². The van der Waals surface area contributed by atoms with Gasteiger partial charge in [0.2, 0.25) is 0 Å². The highest BCUT2D eigenvalue weighted by atomic mass is 14.8. The Morgan fingerprint density at radius 1 is 1.11 bits per heavy atom. The normalized spacial score (nSPS) is 19.0. The van der Waals surface area contributed by atoms with Crippen molar-refractivity contribution in [1.29, 1.82) is 0 Å². The van der Waals surface area contributed by atoms with E-state index in [1.807, 2.05) is 0 Å². The Morgan fingerprint density at radius 3 is 2.61 bits per heavy atom. The molecule has 0 unspecified atom stereocenters. The minimum absolute atomic E-state index is 0.876. The first-order valence-corrected chi connectivity index (χ1v) is 7.39. The van der Waals surface area contributed by atoms with Crippen molar-refractivity contribution < 1.29 is 0 Å². The highest BCUT2D eigenvalue weighted by molar-refractivity contribution is 5.27. The van der Waals surface area contributed by atoms with Gasteiger partial charge in [-0.05, 0) is 62.1 Å². The van der Waals surface area contributed by atoms with Gasteiger partial charge in [0.25, 0.3) is 0 Å². The lowest BCUT2D eigenvalue weighted by molar-refractivity contribution is 0.675. The van der Waals surface area contributed by atoms with E-state index in [-0.39, 0.29) is 0 Å². The van der Waals surface area contributed by atoms with Crippen LogP contribution >= 0.6 is 0 Å². The Balaban J connectivity index is 1.39. The summed E-state index contributed by atoms with van der Waals surface area (Å²) in [6.07, 6.45) is 10.5. The molecule has 0 heterocycles. The van der Waals surface area contributed by atoms with Crippen LogP contribution in [0, 0.1) is 0 Å². The maximum atomic E-state index is 3.55. The molecule has 1 saturated carbocycles. The Kier molecular flexibility index (Phi) is 3.80. The van der Waals surface area contributed by atoms with Gasteiger partial charge in [-0.15, -0.1) is 0 Å². The van der Waals surface area contributed by atoms with Crippen molar-refractivity contribution in [2.24, 2.45) is 0 Å². The van der Waals surface area contributed by atoms with E-state index in [0.717, 1.165) is 19.0 Å². The van der Waals surface area contributed by atoms with Crippen molar-refractivity contribution in [3.8, 4) is 0 Å². The second-order valence-electron chi connectivity index (χ2n) is 5.70. The topological polar surface area (TPSA) is 12.0 Å². The zero-order chi connectivity index (χ0) is 12.2. The first-order valence-electron chi connectivity index (χ1n) is 7.39. The molecule has 0 aliphatic heterocycles. The van der Waals surface area contributed by atoms with Gasteiger partial charge < -0.3 is 5.32 Å². The van der Waals surface area contributed by atoms with Crippen molar-refractivity contribution in [3.05, 3.63) is 47.0 Å². The molecule has 0 bridgehead atoms. The average molecular weight is 241 g/mol. The van der Waals surface area contributed by atoms with Crippen LogP contribution in [0.25, 0.3) is 0 Å². The van der Waals surface area contributed by atoms with Crippen LogP contribution in [0.2, 0.25) is 0 Å². The van der Waals surface area contributed by atoms with Gasteiger partial charge in [0.15, 0.2) is 0 Å². The van der Waals surface area contributed by atoms with Gasteiger partial charge in [-0.2, -0.15) is 0 Å². The number of allylic oxidation sites excluding steroid dienone is 1. The zero-order valence-electron chi connectivity index (χ0n) is 11.1. The highest BCUT2D eigenvalue weighted by Crippen LogP contribution is 2.39. The molecule has 96 valence electrons. The molecule has 1 fully saturated rings. The minimum atomic E-state index is 0.876. The van der Waals surface area contributed by atoms with Crippen LogP contribution < -0.4 is 5.32 Å². The zero-order valence-corrected chi connectivity index (χ0v) is 11.1.